The van der Waals surface area contributed by atoms with E-state index < -0.39 is 0 Å². The van der Waals surface area contributed by atoms with Gasteiger partial charge in [0, 0.05) is 29.2 Å². The van der Waals surface area contributed by atoms with Crippen molar-refractivity contribution >= 4 is 11.6 Å². The Hall–Kier alpha value is -3.07. The monoisotopic (exact) mass is 495 g/mol. The molecule has 0 spiro atoms. The van der Waals surface area contributed by atoms with E-state index in [0.717, 1.165) is 40.7 Å². The molecule has 3 aromatic rings. The zero-order valence-electron chi connectivity index (χ0n) is 22.7. The molecule has 1 heterocycles. The fourth-order valence-electron chi connectivity index (χ4n) is 6.18. The number of rotatable bonds is 8. The second kappa shape index (κ2) is 11.1. The molecule has 0 radical (unpaired) electrons. The predicted molar refractivity (Wildman–Crippen MR) is 153 cm³/mol. The highest BCUT2D eigenvalue weighted by Crippen LogP contribution is 2.45. The molecule has 1 N–H and O–H groups in total. The molecular formula is C34H41NO2. The van der Waals surface area contributed by atoms with E-state index in [9.17, 15) is 4.79 Å². The standard InChI is InChI=1S/C34H41NO2/c1-34(2,3)29-21-20-25(15-7-6-14-24-12-4-5-13-24)22-30(29)35-33(36)23-28-26-16-8-10-18-31(26)37-32-19-11-9-17-27(28)32/h8-11,16-22,24,28H,4-7,12-15,23H2,1-3H3,(H,35,36). The molecule has 1 saturated carbocycles. The Labute approximate surface area is 222 Å². The number of carbonyl (C=O) groups excluding carboxylic acids is 1. The SMILES string of the molecule is CC(C)(C)c1ccc(CCCCC2CCCC2)cc1NC(=O)CC1c2ccccc2Oc2ccccc21. The van der Waals surface area contributed by atoms with Crippen molar-refractivity contribution in [3.8, 4) is 11.5 Å². The molecule has 0 atom stereocenters. The molecule has 1 aliphatic carbocycles. The van der Waals surface area contributed by atoms with Gasteiger partial charge in [-0.05, 0) is 53.5 Å². The number of hydrogen-bond donors (Lipinski definition) is 1. The Morgan fingerprint density at radius 3 is 2.19 bits per heavy atom. The average Bonchev–Trinajstić information content (AvgIpc) is 3.39. The first kappa shape index (κ1) is 25.6. The molecule has 194 valence electrons. The molecule has 3 heteroatoms. The Balaban J connectivity index is 1.31. The Kier molecular flexibility index (Phi) is 7.69. The molecule has 0 saturated heterocycles. The molecular weight excluding hydrogens is 454 g/mol. The summed E-state index contributed by atoms with van der Waals surface area (Å²) in [6.45, 7) is 6.64. The van der Waals surface area contributed by atoms with E-state index in [4.69, 9.17) is 4.74 Å². The molecule has 2 aliphatic rings. The first-order valence-electron chi connectivity index (χ1n) is 14.2. The lowest BCUT2D eigenvalue weighted by atomic mass is 9.84. The Bertz CT molecular complexity index is 1190. The van der Waals surface area contributed by atoms with E-state index in [0.29, 0.717) is 6.42 Å². The minimum atomic E-state index is -0.0541. The number of hydrogen-bond acceptors (Lipinski definition) is 2. The summed E-state index contributed by atoms with van der Waals surface area (Å²) in [4.78, 5) is 13.5. The maximum Gasteiger partial charge on any atom is 0.225 e. The van der Waals surface area contributed by atoms with Gasteiger partial charge in [-0.15, -0.1) is 0 Å². The van der Waals surface area contributed by atoms with Gasteiger partial charge in [0.1, 0.15) is 11.5 Å². The van der Waals surface area contributed by atoms with Gasteiger partial charge in [-0.25, -0.2) is 0 Å². The van der Waals surface area contributed by atoms with Crippen molar-refractivity contribution in [2.24, 2.45) is 5.92 Å². The van der Waals surface area contributed by atoms with Crippen molar-refractivity contribution < 1.29 is 9.53 Å². The number of aryl methyl sites for hydroxylation is 1. The third kappa shape index (κ3) is 6.09. The Morgan fingerprint density at radius 1 is 0.892 bits per heavy atom. The summed E-state index contributed by atoms with van der Waals surface area (Å²) in [7, 11) is 0. The minimum Gasteiger partial charge on any atom is -0.457 e. The van der Waals surface area contributed by atoms with Crippen molar-refractivity contribution in [3.63, 3.8) is 0 Å². The normalized spacial score (nSPS) is 15.6. The van der Waals surface area contributed by atoms with Crippen molar-refractivity contribution in [1.82, 2.24) is 0 Å². The van der Waals surface area contributed by atoms with Crippen molar-refractivity contribution in [3.05, 3.63) is 89.0 Å². The molecule has 37 heavy (non-hydrogen) atoms. The van der Waals surface area contributed by atoms with Gasteiger partial charge in [-0.1, -0.05) is 108 Å². The van der Waals surface area contributed by atoms with Crippen molar-refractivity contribution in [2.45, 2.75) is 89.9 Å². The maximum absolute atomic E-state index is 13.5. The van der Waals surface area contributed by atoms with Crippen LogP contribution in [-0.4, -0.2) is 5.91 Å². The number of unbranched alkanes of at least 4 members (excludes halogenated alkanes) is 1. The average molecular weight is 496 g/mol. The molecule has 1 aliphatic heterocycles. The molecule has 0 unspecified atom stereocenters. The van der Waals surface area contributed by atoms with Crippen LogP contribution in [0, 0.1) is 5.92 Å². The largest absolute Gasteiger partial charge is 0.457 e. The van der Waals surface area contributed by atoms with Gasteiger partial charge in [0.15, 0.2) is 0 Å². The Morgan fingerprint density at radius 2 is 1.54 bits per heavy atom. The van der Waals surface area contributed by atoms with Crippen LogP contribution >= 0.6 is 0 Å². The zero-order chi connectivity index (χ0) is 25.8. The van der Waals surface area contributed by atoms with E-state index in [-0.39, 0.29) is 17.2 Å². The number of amides is 1. The van der Waals surface area contributed by atoms with Gasteiger partial charge in [0.05, 0.1) is 0 Å². The number of para-hydroxylation sites is 2. The van der Waals surface area contributed by atoms with Crippen LogP contribution in [0.25, 0.3) is 0 Å². The van der Waals surface area contributed by atoms with Gasteiger partial charge >= 0.3 is 0 Å². The molecule has 0 bridgehead atoms. The summed E-state index contributed by atoms with van der Waals surface area (Å²) in [6, 6.07) is 22.9. The van der Waals surface area contributed by atoms with Crippen LogP contribution in [0.3, 0.4) is 0 Å². The first-order valence-corrected chi connectivity index (χ1v) is 14.2. The number of nitrogens with one attached hydrogen (secondary N) is 1. The minimum absolute atomic E-state index is 0.0296. The van der Waals surface area contributed by atoms with Gasteiger partial charge < -0.3 is 10.1 Å². The second-order valence-electron chi connectivity index (χ2n) is 12.0. The zero-order valence-corrected chi connectivity index (χ0v) is 22.7. The number of carbonyl (C=O) groups is 1. The maximum atomic E-state index is 13.5. The van der Waals surface area contributed by atoms with Crippen LogP contribution in [0.2, 0.25) is 0 Å². The van der Waals surface area contributed by atoms with Crippen LogP contribution < -0.4 is 10.1 Å². The quantitative estimate of drug-likeness (QED) is 0.316. The molecule has 1 amide bonds. The second-order valence-corrected chi connectivity index (χ2v) is 12.0. The topological polar surface area (TPSA) is 38.3 Å². The van der Waals surface area contributed by atoms with Crippen LogP contribution in [0.1, 0.15) is 100 Å². The molecule has 3 nitrogen and oxygen atoms in total. The highest BCUT2D eigenvalue weighted by molar-refractivity contribution is 5.93. The van der Waals surface area contributed by atoms with Crippen LogP contribution in [-0.2, 0) is 16.6 Å². The molecule has 1 fully saturated rings. The first-order chi connectivity index (χ1) is 17.9. The number of ether oxygens (including phenoxy) is 1. The van der Waals surface area contributed by atoms with Crippen LogP contribution in [0.5, 0.6) is 11.5 Å². The summed E-state index contributed by atoms with van der Waals surface area (Å²) in [6.07, 6.45) is 11.0. The summed E-state index contributed by atoms with van der Waals surface area (Å²) in [5.74, 6) is 2.65. The number of benzene rings is 3. The van der Waals surface area contributed by atoms with Crippen LogP contribution in [0.15, 0.2) is 66.7 Å². The lowest BCUT2D eigenvalue weighted by Gasteiger charge is -2.28. The van der Waals surface area contributed by atoms with Crippen molar-refractivity contribution in [2.75, 3.05) is 5.32 Å². The van der Waals surface area contributed by atoms with Gasteiger partial charge in [-0.2, -0.15) is 0 Å². The lowest BCUT2D eigenvalue weighted by molar-refractivity contribution is -0.116. The summed E-state index contributed by atoms with van der Waals surface area (Å²) in [5.41, 5.74) is 5.55. The highest BCUT2D eigenvalue weighted by Gasteiger charge is 2.29. The fraction of sp³-hybridized carbons (Fsp3) is 0.441. The molecule has 3 aromatic carbocycles. The third-order valence-corrected chi connectivity index (χ3v) is 8.17. The van der Waals surface area contributed by atoms with Gasteiger partial charge in [-0.3, -0.25) is 4.79 Å². The van der Waals surface area contributed by atoms with Gasteiger partial charge in [0.2, 0.25) is 5.91 Å². The highest BCUT2D eigenvalue weighted by atomic mass is 16.5. The molecule has 0 aromatic heterocycles. The van der Waals surface area contributed by atoms with E-state index in [1.165, 1.54) is 56.1 Å². The summed E-state index contributed by atoms with van der Waals surface area (Å²) < 4.78 is 6.13. The predicted octanol–water partition coefficient (Wildman–Crippen LogP) is 9.15. The smallest absolute Gasteiger partial charge is 0.225 e. The van der Waals surface area contributed by atoms with E-state index in [2.05, 4.69) is 56.4 Å². The summed E-state index contributed by atoms with van der Waals surface area (Å²) in [5, 5.41) is 3.32. The van der Waals surface area contributed by atoms with Crippen LogP contribution in [0.4, 0.5) is 5.69 Å². The van der Waals surface area contributed by atoms with E-state index in [1.807, 2.05) is 36.4 Å². The molecule has 5 rings (SSSR count). The van der Waals surface area contributed by atoms with E-state index in [1.54, 1.807) is 0 Å². The van der Waals surface area contributed by atoms with E-state index >= 15 is 0 Å². The third-order valence-electron chi connectivity index (χ3n) is 8.17. The summed E-state index contributed by atoms with van der Waals surface area (Å²) >= 11 is 0. The number of anilines is 1. The fourth-order valence-corrected chi connectivity index (χ4v) is 6.18. The van der Waals surface area contributed by atoms with Gasteiger partial charge in [0.25, 0.3) is 0 Å². The lowest BCUT2D eigenvalue weighted by Crippen LogP contribution is -2.22. The number of fused-ring (bicyclic) bond motifs is 2. The van der Waals surface area contributed by atoms with Crippen molar-refractivity contribution in [1.29, 1.82) is 0 Å².